The van der Waals surface area contributed by atoms with E-state index in [0.29, 0.717) is 5.75 Å². The predicted octanol–water partition coefficient (Wildman–Crippen LogP) is 4.17. The highest BCUT2D eigenvalue weighted by atomic mass is 32.1. The second-order valence-corrected chi connectivity index (χ2v) is 5.83. The zero-order valence-corrected chi connectivity index (χ0v) is 12.3. The van der Waals surface area contributed by atoms with Gasteiger partial charge in [0.1, 0.15) is 11.4 Å². The third-order valence-corrected chi connectivity index (χ3v) is 4.60. The Morgan fingerprint density at radius 3 is 2.55 bits per heavy atom. The summed E-state index contributed by atoms with van der Waals surface area (Å²) in [5.74, 6) is 0.700. The highest BCUT2D eigenvalue weighted by Crippen LogP contribution is 2.39. The summed E-state index contributed by atoms with van der Waals surface area (Å²) in [6, 6.07) is 15.7. The molecule has 1 N–H and O–H groups in total. The average molecular weight is 284 g/mol. The minimum atomic E-state index is -1.09. The topological polar surface area (TPSA) is 29.5 Å². The van der Waals surface area contributed by atoms with E-state index in [-0.39, 0.29) is 0 Å². The van der Waals surface area contributed by atoms with Gasteiger partial charge >= 0.3 is 0 Å². The first-order valence-corrected chi connectivity index (χ1v) is 7.35. The van der Waals surface area contributed by atoms with Crippen LogP contribution in [-0.2, 0) is 5.60 Å². The summed E-state index contributed by atoms with van der Waals surface area (Å²) in [5, 5.41) is 14.3. The van der Waals surface area contributed by atoms with E-state index in [2.05, 4.69) is 12.1 Å². The van der Waals surface area contributed by atoms with E-state index in [1.54, 1.807) is 18.4 Å². The van der Waals surface area contributed by atoms with E-state index in [1.165, 1.54) is 0 Å². The van der Waals surface area contributed by atoms with Crippen LogP contribution in [0.15, 0.2) is 53.9 Å². The number of fused-ring (bicyclic) bond motifs is 1. The summed E-state index contributed by atoms with van der Waals surface area (Å²) in [6.45, 7) is 1.82. The van der Waals surface area contributed by atoms with Crippen molar-refractivity contribution in [2.45, 2.75) is 12.5 Å². The third kappa shape index (κ3) is 1.99. The molecular weight excluding hydrogens is 268 g/mol. The maximum Gasteiger partial charge on any atom is 0.125 e. The number of ether oxygens (including phenoxy) is 1. The smallest absolute Gasteiger partial charge is 0.125 e. The molecule has 3 rings (SSSR count). The number of para-hydroxylation sites is 1. The lowest BCUT2D eigenvalue weighted by atomic mass is 9.87. The molecular formula is C17H16O2S. The Kier molecular flexibility index (Phi) is 3.24. The van der Waals surface area contributed by atoms with E-state index in [9.17, 15) is 5.11 Å². The van der Waals surface area contributed by atoms with Gasteiger partial charge in [0.15, 0.2) is 0 Å². The lowest BCUT2D eigenvalue weighted by Gasteiger charge is -2.26. The number of rotatable bonds is 3. The van der Waals surface area contributed by atoms with Crippen LogP contribution in [0.25, 0.3) is 10.1 Å². The molecule has 1 aromatic heterocycles. The van der Waals surface area contributed by atoms with Crippen molar-refractivity contribution in [1.29, 1.82) is 0 Å². The molecule has 1 heterocycles. The van der Waals surface area contributed by atoms with E-state index in [4.69, 9.17) is 4.74 Å². The molecule has 0 bridgehead atoms. The van der Waals surface area contributed by atoms with Crippen LogP contribution in [0.2, 0.25) is 0 Å². The van der Waals surface area contributed by atoms with Crippen LogP contribution >= 0.6 is 11.3 Å². The lowest BCUT2D eigenvalue weighted by Crippen LogP contribution is -2.23. The number of methoxy groups -OCH3 is 1. The van der Waals surface area contributed by atoms with Gasteiger partial charge in [-0.05, 0) is 29.8 Å². The second kappa shape index (κ2) is 4.93. The van der Waals surface area contributed by atoms with Gasteiger partial charge in [-0.3, -0.25) is 0 Å². The molecule has 102 valence electrons. The fraction of sp³-hybridized carbons (Fsp3) is 0.176. The highest BCUT2D eigenvalue weighted by Gasteiger charge is 2.30. The first-order valence-electron chi connectivity index (χ1n) is 6.47. The van der Waals surface area contributed by atoms with E-state index >= 15 is 0 Å². The number of benzene rings is 2. The standard InChI is InChI=1S/C17H16O2S/c1-17(18,13-7-3-4-9-15(13)19-2)14-8-5-6-12-10-11-20-16(12)14/h3-11,18H,1-2H3. The fourth-order valence-corrected chi connectivity index (χ4v) is 3.58. The first-order chi connectivity index (χ1) is 9.64. The summed E-state index contributed by atoms with van der Waals surface area (Å²) < 4.78 is 6.50. The van der Waals surface area contributed by atoms with Crippen molar-refractivity contribution >= 4 is 21.4 Å². The van der Waals surface area contributed by atoms with Crippen molar-refractivity contribution in [3.63, 3.8) is 0 Å². The molecule has 1 unspecified atom stereocenters. The maximum atomic E-state index is 11.1. The van der Waals surface area contributed by atoms with Gasteiger partial charge in [0, 0.05) is 15.8 Å². The molecule has 0 aliphatic heterocycles. The third-order valence-electron chi connectivity index (χ3n) is 3.63. The monoisotopic (exact) mass is 284 g/mol. The minimum absolute atomic E-state index is 0.700. The summed E-state index contributed by atoms with van der Waals surface area (Å²) in [7, 11) is 1.63. The van der Waals surface area contributed by atoms with Gasteiger partial charge in [0.2, 0.25) is 0 Å². The van der Waals surface area contributed by atoms with Crippen LogP contribution in [0.3, 0.4) is 0 Å². The van der Waals surface area contributed by atoms with Crippen LogP contribution in [0.5, 0.6) is 5.75 Å². The van der Waals surface area contributed by atoms with Crippen molar-refractivity contribution in [1.82, 2.24) is 0 Å². The molecule has 20 heavy (non-hydrogen) atoms. The van der Waals surface area contributed by atoms with Gasteiger partial charge in [-0.25, -0.2) is 0 Å². The van der Waals surface area contributed by atoms with Crippen LogP contribution < -0.4 is 4.74 Å². The molecule has 0 fully saturated rings. The normalized spacial score (nSPS) is 14.2. The molecule has 0 radical (unpaired) electrons. The summed E-state index contributed by atoms with van der Waals surface area (Å²) in [6.07, 6.45) is 0. The number of hydrogen-bond donors (Lipinski definition) is 1. The number of thiophene rings is 1. The molecule has 0 aliphatic carbocycles. The Morgan fingerprint density at radius 1 is 1.00 bits per heavy atom. The zero-order chi connectivity index (χ0) is 14.2. The van der Waals surface area contributed by atoms with Gasteiger partial charge < -0.3 is 9.84 Å². The van der Waals surface area contributed by atoms with Gasteiger partial charge in [-0.1, -0.05) is 36.4 Å². The average Bonchev–Trinajstić information content (AvgIpc) is 2.95. The van der Waals surface area contributed by atoms with Crippen molar-refractivity contribution < 1.29 is 9.84 Å². The molecule has 0 saturated carbocycles. The number of aliphatic hydroxyl groups is 1. The van der Waals surface area contributed by atoms with Gasteiger partial charge in [-0.2, -0.15) is 0 Å². The molecule has 2 aromatic carbocycles. The van der Waals surface area contributed by atoms with Gasteiger partial charge in [0.05, 0.1) is 7.11 Å². The fourth-order valence-electron chi connectivity index (χ4n) is 2.57. The highest BCUT2D eigenvalue weighted by molar-refractivity contribution is 7.17. The SMILES string of the molecule is COc1ccccc1C(C)(O)c1cccc2ccsc12. The Morgan fingerprint density at radius 2 is 1.75 bits per heavy atom. The van der Waals surface area contributed by atoms with E-state index < -0.39 is 5.60 Å². The van der Waals surface area contributed by atoms with E-state index in [1.807, 2.05) is 48.7 Å². The first kappa shape index (κ1) is 13.2. The predicted molar refractivity (Wildman–Crippen MR) is 83.5 cm³/mol. The molecule has 0 aliphatic rings. The molecule has 0 amide bonds. The van der Waals surface area contributed by atoms with Crippen LogP contribution in [0, 0.1) is 0 Å². The Labute approximate surface area is 122 Å². The second-order valence-electron chi connectivity index (χ2n) is 4.92. The minimum Gasteiger partial charge on any atom is -0.496 e. The Hall–Kier alpha value is -1.84. The molecule has 0 spiro atoms. The Balaban J connectivity index is 2.23. The molecule has 1 atom stereocenters. The van der Waals surface area contributed by atoms with Gasteiger partial charge in [0.25, 0.3) is 0 Å². The van der Waals surface area contributed by atoms with E-state index in [0.717, 1.165) is 21.2 Å². The van der Waals surface area contributed by atoms with Crippen molar-refractivity contribution in [2.75, 3.05) is 7.11 Å². The van der Waals surface area contributed by atoms with Crippen molar-refractivity contribution in [3.8, 4) is 5.75 Å². The molecule has 0 saturated heterocycles. The van der Waals surface area contributed by atoms with Crippen LogP contribution in [-0.4, -0.2) is 12.2 Å². The van der Waals surface area contributed by atoms with Crippen LogP contribution in [0.4, 0.5) is 0 Å². The maximum absolute atomic E-state index is 11.1. The Bertz CT molecular complexity index is 743. The molecule has 3 heteroatoms. The van der Waals surface area contributed by atoms with Crippen molar-refractivity contribution in [3.05, 3.63) is 65.0 Å². The van der Waals surface area contributed by atoms with Crippen LogP contribution in [0.1, 0.15) is 18.1 Å². The zero-order valence-electron chi connectivity index (χ0n) is 11.5. The largest absolute Gasteiger partial charge is 0.496 e. The number of hydrogen-bond acceptors (Lipinski definition) is 3. The summed E-state index contributed by atoms with van der Waals surface area (Å²) in [4.78, 5) is 0. The summed E-state index contributed by atoms with van der Waals surface area (Å²) in [5.41, 5.74) is 0.606. The van der Waals surface area contributed by atoms with Crippen molar-refractivity contribution in [2.24, 2.45) is 0 Å². The lowest BCUT2D eigenvalue weighted by molar-refractivity contribution is 0.101. The molecule has 2 nitrogen and oxygen atoms in total. The summed E-state index contributed by atoms with van der Waals surface area (Å²) >= 11 is 1.65. The molecule has 3 aromatic rings. The quantitative estimate of drug-likeness (QED) is 0.782. The van der Waals surface area contributed by atoms with Gasteiger partial charge in [-0.15, -0.1) is 11.3 Å².